The lowest BCUT2D eigenvalue weighted by Crippen LogP contribution is -2.23. The maximum absolute atomic E-state index is 12.8. The fourth-order valence-electron chi connectivity index (χ4n) is 3.31. The van der Waals surface area contributed by atoms with Gasteiger partial charge in [-0.25, -0.2) is 4.98 Å². The average Bonchev–Trinajstić information content (AvgIpc) is 3.32. The number of aromatic nitrogens is 2. The van der Waals surface area contributed by atoms with E-state index in [9.17, 15) is 4.79 Å². The average molecular weight is 450 g/mol. The molecule has 1 aliphatic heterocycles. The van der Waals surface area contributed by atoms with Crippen LogP contribution in [0.3, 0.4) is 0 Å². The van der Waals surface area contributed by atoms with E-state index in [0.717, 1.165) is 16.8 Å². The number of thiophene rings is 1. The Morgan fingerprint density at radius 2 is 2.26 bits per heavy atom. The molecule has 1 fully saturated rings. The molecule has 1 unspecified atom stereocenters. The van der Waals surface area contributed by atoms with Crippen LogP contribution in [0, 0.1) is 0 Å². The molecular weight excluding hydrogens is 430 g/mol. The summed E-state index contributed by atoms with van der Waals surface area (Å²) in [4.78, 5) is 17.2. The number of hydrogen-bond acceptors (Lipinski definition) is 6. The van der Waals surface area contributed by atoms with Crippen molar-refractivity contribution in [2.45, 2.75) is 25.3 Å². The summed E-state index contributed by atoms with van der Waals surface area (Å²) in [6.07, 6.45) is 4.95. The number of benzene rings is 1. The van der Waals surface area contributed by atoms with Crippen molar-refractivity contribution in [1.82, 2.24) is 14.9 Å². The van der Waals surface area contributed by atoms with Crippen LogP contribution in [0.15, 0.2) is 39.2 Å². The highest BCUT2D eigenvalue weighted by molar-refractivity contribution is 9.11. The Morgan fingerprint density at radius 1 is 1.37 bits per heavy atom. The molecule has 1 saturated heterocycles. The summed E-state index contributed by atoms with van der Waals surface area (Å²) < 4.78 is 14.4. The highest BCUT2D eigenvalue weighted by atomic mass is 79.9. The zero-order chi connectivity index (χ0) is 18.8. The molecule has 1 N–H and O–H groups in total. The molecule has 8 heteroatoms. The zero-order valence-corrected chi connectivity index (χ0v) is 17.3. The highest BCUT2D eigenvalue weighted by Crippen LogP contribution is 2.30. The van der Waals surface area contributed by atoms with Crippen molar-refractivity contribution >= 4 is 37.5 Å². The molecule has 1 aromatic carbocycles. The van der Waals surface area contributed by atoms with Crippen LogP contribution in [0.2, 0.25) is 0 Å². The SMILES string of the molecule is COc1cc(-n2cnc3cc(Br)sc3c2=O)ccc1OCCC1CCCN1. The van der Waals surface area contributed by atoms with E-state index in [1.807, 2.05) is 18.2 Å². The van der Waals surface area contributed by atoms with Gasteiger partial charge in [0.2, 0.25) is 0 Å². The monoisotopic (exact) mass is 449 g/mol. The van der Waals surface area contributed by atoms with Crippen molar-refractivity contribution in [3.05, 3.63) is 44.7 Å². The van der Waals surface area contributed by atoms with Crippen LogP contribution in [0.5, 0.6) is 11.5 Å². The van der Waals surface area contributed by atoms with Crippen LogP contribution >= 0.6 is 27.3 Å². The summed E-state index contributed by atoms with van der Waals surface area (Å²) in [5.74, 6) is 1.28. The first-order valence-electron chi connectivity index (χ1n) is 8.87. The van der Waals surface area contributed by atoms with Gasteiger partial charge in [-0.3, -0.25) is 9.36 Å². The summed E-state index contributed by atoms with van der Waals surface area (Å²) in [6, 6.07) is 7.89. The number of nitrogens with zero attached hydrogens (tertiary/aromatic N) is 2. The molecular formula is C19H20BrN3O3S. The van der Waals surface area contributed by atoms with Crippen LogP contribution in [0.25, 0.3) is 15.9 Å². The number of nitrogens with one attached hydrogen (secondary N) is 1. The fraction of sp³-hybridized carbons (Fsp3) is 0.368. The van der Waals surface area contributed by atoms with E-state index in [1.165, 1.54) is 28.7 Å². The Bertz CT molecular complexity index is 1010. The molecule has 1 atom stereocenters. The number of ether oxygens (including phenoxy) is 2. The fourth-order valence-corrected chi connectivity index (χ4v) is 4.78. The predicted octanol–water partition coefficient (Wildman–Crippen LogP) is 3.74. The Morgan fingerprint density at radius 3 is 3.04 bits per heavy atom. The number of hydrogen-bond donors (Lipinski definition) is 1. The van der Waals surface area contributed by atoms with Gasteiger partial charge in [0, 0.05) is 12.1 Å². The van der Waals surface area contributed by atoms with E-state index < -0.39 is 0 Å². The molecule has 4 rings (SSSR count). The van der Waals surface area contributed by atoms with Crippen LogP contribution < -0.4 is 20.3 Å². The number of rotatable bonds is 6. The Hall–Kier alpha value is -1.90. The van der Waals surface area contributed by atoms with E-state index in [-0.39, 0.29) is 5.56 Å². The molecule has 2 aromatic heterocycles. The summed E-state index contributed by atoms with van der Waals surface area (Å²) >= 11 is 4.79. The van der Waals surface area contributed by atoms with Crippen LogP contribution in [-0.2, 0) is 0 Å². The molecule has 0 aliphatic carbocycles. The highest BCUT2D eigenvalue weighted by Gasteiger charge is 2.15. The van der Waals surface area contributed by atoms with E-state index in [0.29, 0.717) is 40.1 Å². The number of halogens is 1. The van der Waals surface area contributed by atoms with Crippen LogP contribution in [-0.4, -0.2) is 35.9 Å². The van der Waals surface area contributed by atoms with Crippen molar-refractivity contribution in [1.29, 1.82) is 0 Å². The second-order valence-corrected chi connectivity index (χ2v) is 8.88. The van der Waals surface area contributed by atoms with Crippen LogP contribution in [0.1, 0.15) is 19.3 Å². The molecule has 3 aromatic rings. The first-order chi connectivity index (χ1) is 13.2. The molecule has 3 heterocycles. The largest absolute Gasteiger partial charge is 0.493 e. The van der Waals surface area contributed by atoms with Crippen molar-refractivity contribution in [3.8, 4) is 17.2 Å². The quantitative estimate of drug-likeness (QED) is 0.620. The van der Waals surface area contributed by atoms with E-state index >= 15 is 0 Å². The number of methoxy groups -OCH3 is 1. The molecule has 6 nitrogen and oxygen atoms in total. The van der Waals surface area contributed by atoms with Crippen LogP contribution in [0.4, 0.5) is 0 Å². The zero-order valence-electron chi connectivity index (χ0n) is 14.9. The summed E-state index contributed by atoms with van der Waals surface area (Å²) in [6.45, 7) is 1.72. The van der Waals surface area contributed by atoms with Gasteiger partial charge in [0.1, 0.15) is 11.0 Å². The Balaban J connectivity index is 1.57. The van der Waals surface area contributed by atoms with Gasteiger partial charge in [-0.2, -0.15) is 0 Å². The molecule has 0 radical (unpaired) electrons. The van der Waals surface area contributed by atoms with Crippen molar-refractivity contribution < 1.29 is 9.47 Å². The van der Waals surface area contributed by atoms with Gasteiger partial charge in [-0.15, -0.1) is 11.3 Å². The molecule has 27 heavy (non-hydrogen) atoms. The van der Waals surface area contributed by atoms with Gasteiger partial charge in [0.15, 0.2) is 11.5 Å². The number of fused-ring (bicyclic) bond motifs is 1. The smallest absolute Gasteiger partial charge is 0.275 e. The van der Waals surface area contributed by atoms with Gasteiger partial charge in [-0.05, 0) is 59.9 Å². The Kier molecular flexibility index (Phi) is 5.47. The van der Waals surface area contributed by atoms with Gasteiger partial charge in [0.25, 0.3) is 5.56 Å². The van der Waals surface area contributed by atoms with Crippen molar-refractivity contribution in [3.63, 3.8) is 0 Å². The van der Waals surface area contributed by atoms with Gasteiger partial charge < -0.3 is 14.8 Å². The molecule has 0 spiro atoms. The van der Waals surface area contributed by atoms with Crippen molar-refractivity contribution in [2.75, 3.05) is 20.3 Å². The van der Waals surface area contributed by atoms with E-state index in [1.54, 1.807) is 19.5 Å². The lowest BCUT2D eigenvalue weighted by Gasteiger charge is -2.15. The second-order valence-electron chi connectivity index (χ2n) is 6.45. The standard InChI is InChI=1S/C19H20BrN3O3S/c1-25-16-9-13(4-5-15(16)26-8-6-12-3-2-7-21-12)23-11-22-14-10-17(20)27-18(14)19(23)24/h4-5,9-12,21H,2-3,6-8H2,1H3. The normalized spacial score (nSPS) is 16.7. The lowest BCUT2D eigenvalue weighted by molar-refractivity contribution is 0.275. The maximum Gasteiger partial charge on any atom is 0.275 e. The molecule has 0 amide bonds. The molecule has 0 saturated carbocycles. The summed E-state index contributed by atoms with van der Waals surface area (Å²) in [7, 11) is 1.60. The van der Waals surface area contributed by atoms with Gasteiger partial charge >= 0.3 is 0 Å². The molecule has 1 aliphatic rings. The Labute approximate surface area is 169 Å². The van der Waals surface area contributed by atoms with Crippen molar-refractivity contribution in [2.24, 2.45) is 0 Å². The van der Waals surface area contributed by atoms with Gasteiger partial charge in [0.05, 0.1) is 28.7 Å². The van der Waals surface area contributed by atoms with Gasteiger partial charge in [-0.1, -0.05) is 0 Å². The maximum atomic E-state index is 12.8. The first-order valence-corrected chi connectivity index (χ1v) is 10.5. The first kappa shape index (κ1) is 18.5. The molecule has 142 valence electrons. The summed E-state index contributed by atoms with van der Waals surface area (Å²) in [5, 5.41) is 3.47. The summed E-state index contributed by atoms with van der Waals surface area (Å²) in [5.41, 5.74) is 1.29. The minimum atomic E-state index is -0.0984. The van der Waals surface area contributed by atoms with E-state index in [2.05, 4.69) is 26.2 Å². The minimum Gasteiger partial charge on any atom is -0.493 e. The topological polar surface area (TPSA) is 65.4 Å². The molecule has 0 bridgehead atoms. The minimum absolute atomic E-state index is 0.0984. The third kappa shape index (κ3) is 3.88. The van der Waals surface area contributed by atoms with E-state index in [4.69, 9.17) is 9.47 Å². The second kappa shape index (κ2) is 8.00. The predicted molar refractivity (Wildman–Crippen MR) is 111 cm³/mol. The third-order valence-corrected chi connectivity index (χ3v) is 6.33. The lowest BCUT2D eigenvalue weighted by atomic mass is 10.2. The third-order valence-electron chi connectivity index (χ3n) is 4.72.